The average Bonchev–Trinajstić information content (AvgIpc) is 3.53. The summed E-state index contributed by atoms with van der Waals surface area (Å²) in [6.07, 6.45) is 0.327. The molecule has 9 nitrogen and oxygen atoms in total. The van der Waals surface area contributed by atoms with Gasteiger partial charge >= 0.3 is 0 Å². The van der Waals surface area contributed by atoms with E-state index in [9.17, 15) is 9.59 Å². The number of thiophene rings is 1. The van der Waals surface area contributed by atoms with Crippen molar-refractivity contribution in [2.24, 2.45) is 0 Å². The van der Waals surface area contributed by atoms with E-state index in [0.29, 0.717) is 40.6 Å². The van der Waals surface area contributed by atoms with Crippen molar-refractivity contribution in [1.29, 1.82) is 0 Å². The number of nitrogens with zero attached hydrogens (tertiary/aromatic N) is 4. The van der Waals surface area contributed by atoms with Crippen LogP contribution in [-0.2, 0) is 6.42 Å². The number of aromatic nitrogens is 4. The zero-order valence-electron chi connectivity index (χ0n) is 20.2. The Morgan fingerprint density at radius 3 is 2.49 bits per heavy atom. The second-order valence-electron chi connectivity index (χ2n) is 8.09. The van der Waals surface area contributed by atoms with Crippen LogP contribution in [0.3, 0.4) is 0 Å². The zero-order valence-corrected chi connectivity index (χ0v) is 21.8. The first-order valence-corrected chi connectivity index (χ1v) is 12.5. The predicted molar refractivity (Wildman–Crippen MR) is 143 cm³/mol. The fourth-order valence-corrected chi connectivity index (χ4v) is 5.08. The molecule has 5 aromatic rings. The highest BCUT2D eigenvalue weighted by Gasteiger charge is 2.24. The van der Waals surface area contributed by atoms with E-state index in [2.05, 4.69) is 10.5 Å². The smallest absolute Gasteiger partial charge is 0.280 e. The van der Waals surface area contributed by atoms with Gasteiger partial charge in [0.05, 0.1) is 36.5 Å². The molecular formula is C26H22ClN5O4S. The molecule has 3 heterocycles. The summed E-state index contributed by atoms with van der Waals surface area (Å²) in [6, 6.07) is 16.3. The van der Waals surface area contributed by atoms with Crippen LogP contribution in [0.2, 0.25) is 5.15 Å². The van der Waals surface area contributed by atoms with Crippen molar-refractivity contribution in [3.63, 3.8) is 0 Å². The van der Waals surface area contributed by atoms with Crippen molar-refractivity contribution in [2.75, 3.05) is 19.6 Å². The lowest BCUT2D eigenvalue weighted by Gasteiger charge is -2.15. The van der Waals surface area contributed by atoms with E-state index in [1.165, 1.54) is 30.2 Å². The molecule has 0 aliphatic rings. The highest BCUT2D eigenvalue weighted by molar-refractivity contribution is 7.09. The van der Waals surface area contributed by atoms with Crippen molar-refractivity contribution < 1.29 is 14.3 Å². The first-order chi connectivity index (χ1) is 17.9. The number of aryl methyl sites for hydroxylation is 1. The molecule has 0 aliphatic carbocycles. The molecule has 0 saturated heterocycles. The van der Waals surface area contributed by atoms with Crippen LogP contribution < -0.4 is 20.5 Å². The Kier molecular flexibility index (Phi) is 6.68. The summed E-state index contributed by atoms with van der Waals surface area (Å²) < 4.78 is 13.4. The maximum absolute atomic E-state index is 13.7. The monoisotopic (exact) mass is 535 g/mol. The lowest BCUT2D eigenvalue weighted by atomic mass is 10.2. The number of fused-ring (bicyclic) bond motifs is 1. The maximum Gasteiger partial charge on any atom is 0.280 e. The number of carbonyl (C=O) groups is 1. The molecule has 0 radical (unpaired) electrons. The highest BCUT2D eigenvalue weighted by atomic mass is 35.5. The van der Waals surface area contributed by atoms with Crippen LogP contribution in [0.25, 0.3) is 16.6 Å². The number of hydrogen-bond donors (Lipinski definition) is 1. The number of benzene rings is 2. The lowest BCUT2D eigenvalue weighted by Crippen LogP contribution is -2.36. The Morgan fingerprint density at radius 1 is 1.08 bits per heavy atom. The van der Waals surface area contributed by atoms with E-state index < -0.39 is 11.5 Å². The molecule has 0 spiro atoms. The van der Waals surface area contributed by atoms with E-state index in [-0.39, 0.29) is 16.1 Å². The van der Waals surface area contributed by atoms with Gasteiger partial charge in [-0.3, -0.25) is 15.0 Å². The highest BCUT2D eigenvalue weighted by Crippen LogP contribution is 2.30. The van der Waals surface area contributed by atoms with Crippen LogP contribution in [0.5, 0.6) is 11.5 Å². The third-order valence-electron chi connectivity index (χ3n) is 5.80. The normalized spacial score (nSPS) is 11.0. The summed E-state index contributed by atoms with van der Waals surface area (Å²) >= 11 is 8.12. The Morgan fingerprint density at radius 2 is 1.81 bits per heavy atom. The molecule has 2 aromatic carbocycles. The standard InChI is InChI=1S/C26H22ClN5O4S/c1-15-23(24(27)31(29-15)16-8-5-4-6-9-16)25(33)30-32-22(12-17-10-7-11-37-17)28-19-14-21(36-3)20(35-2)13-18(19)26(32)34/h4-11,13-14H,12H2,1-3H3,(H,30,33). The second kappa shape index (κ2) is 10.1. The first-order valence-electron chi connectivity index (χ1n) is 11.2. The SMILES string of the molecule is COc1cc2nc(Cc3cccs3)n(NC(=O)c3c(C)nn(-c4ccccc4)c3Cl)c(=O)c2cc1OC. The van der Waals surface area contributed by atoms with Gasteiger partial charge < -0.3 is 9.47 Å². The number of halogens is 1. The van der Waals surface area contributed by atoms with E-state index in [1.54, 1.807) is 19.1 Å². The number of amides is 1. The summed E-state index contributed by atoms with van der Waals surface area (Å²) in [6.45, 7) is 1.69. The van der Waals surface area contributed by atoms with Gasteiger partial charge in [0.2, 0.25) is 0 Å². The number of rotatable bonds is 7. The van der Waals surface area contributed by atoms with Crippen LogP contribution >= 0.6 is 22.9 Å². The van der Waals surface area contributed by atoms with Crippen molar-refractivity contribution in [3.8, 4) is 17.2 Å². The topological polar surface area (TPSA) is 100 Å². The quantitative estimate of drug-likeness (QED) is 0.327. The fourth-order valence-electron chi connectivity index (χ4n) is 4.02. The summed E-state index contributed by atoms with van der Waals surface area (Å²) in [5.41, 5.74) is 3.95. The Balaban J connectivity index is 1.62. The van der Waals surface area contributed by atoms with Gasteiger partial charge in [-0.05, 0) is 36.6 Å². The lowest BCUT2D eigenvalue weighted by molar-refractivity contribution is 0.101. The molecule has 188 valence electrons. The largest absolute Gasteiger partial charge is 0.493 e. The molecule has 1 N–H and O–H groups in total. The Bertz CT molecular complexity index is 1660. The minimum Gasteiger partial charge on any atom is -0.493 e. The molecule has 11 heteroatoms. The third kappa shape index (κ3) is 4.56. The second-order valence-corrected chi connectivity index (χ2v) is 9.48. The summed E-state index contributed by atoms with van der Waals surface area (Å²) in [5, 5.41) is 6.76. The van der Waals surface area contributed by atoms with Gasteiger partial charge in [0, 0.05) is 17.4 Å². The van der Waals surface area contributed by atoms with Crippen molar-refractivity contribution in [2.45, 2.75) is 13.3 Å². The number of carbonyl (C=O) groups excluding carboxylic acids is 1. The van der Waals surface area contributed by atoms with E-state index in [4.69, 9.17) is 26.1 Å². The number of ether oxygens (including phenoxy) is 2. The number of hydrogen-bond acceptors (Lipinski definition) is 7. The first kappa shape index (κ1) is 24.5. The number of methoxy groups -OCH3 is 2. The molecule has 0 atom stereocenters. The molecule has 0 saturated carbocycles. The van der Waals surface area contributed by atoms with E-state index in [1.807, 2.05) is 47.8 Å². The molecule has 37 heavy (non-hydrogen) atoms. The van der Waals surface area contributed by atoms with E-state index >= 15 is 0 Å². The molecule has 0 bridgehead atoms. The zero-order chi connectivity index (χ0) is 26.1. The Hall–Kier alpha value is -4.15. The fraction of sp³-hybridized carbons (Fsp3) is 0.154. The van der Waals surface area contributed by atoms with Crippen LogP contribution in [-0.4, -0.2) is 39.6 Å². The molecule has 5 rings (SSSR count). The van der Waals surface area contributed by atoms with Crippen molar-refractivity contribution in [3.05, 3.63) is 97.4 Å². The van der Waals surface area contributed by atoms with Gasteiger partial charge in [0.25, 0.3) is 11.5 Å². The number of nitrogens with one attached hydrogen (secondary N) is 1. The van der Waals surface area contributed by atoms with Gasteiger partial charge in [-0.25, -0.2) is 14.3 Å². The van der Waals surface area contributed by atoms with Crippen LogP contribution in [0.4, 0.5) is 0 Å². The molecule has 1 amide bonds. The third-order valence-corrected chi connectivity index (χ3v) is 7.03. The van der Waals surface area contributed by atoms with Gasteiger partial charge in [-0.1, -0.05) is 35.9 Å². The van der Waals surface area contributed by atoms with Crippen molar-refractivity contribution in [1.82, 2.24) is 19.4 Å². The minimum atomic E-state index is -0.583. The average molecular weight is 536 g/mol. The van der Waals surface area contributed by atoms with Gasteiger partial charge in [-0.2, -0.15) is 5.10 Å². The summed E-state index contributed by atoms with van der Waals surface area (Å²) in [4.78, 5) is 32.8. The Labute approximate surface area is 220 Å². The van der Waals surface area contributed by atoms with Crippen molar-refractivity contribution >= 4 is 39.7 Å². The van der Waals surface area contributed by atoms with Gasteiger partial charge in [-0.15, -0.1) is 11.3 Å². The molecule has 0 aliphatic heterocycles. The summed E-state index contributed by atoms with van der Waals surface area (Å²) in [7, 11) is 3.00. The minimum absolute atomic E-state index is 0.134. The molecule has 3 aromatic heterocycles. The molecular weight excluding hydrogens is 514 g/mol. The van der Waals surface area contributed by atoms with Gasteiger partial charge in [0.1, 0.15) is 16.5 Å². The molecule has 0 unspecified atom stereocenters. The van der Waals surface area contributed by atoms with Gasteiger partial charge in [0.15, 0.2) is 11.5 Å². The summed E-state index contributed by atoms with van der Waals surface area (Å²) in [5.74, 6) is 0.591. The number of para-hydroxylation sites is 1. The van der Waals surface area contributed by atoms with E-state index in [0.717, 1.165) is 9.55 Å². The van der Waals surface area contributed by atoms with Crippen LogP contribution in [0.15, 0.2) is 64.8 Å². The molecule has 0 fully saturated rings. The van der Waals surface area contributed by atoms with Crippen LogP contribution in [0, 0.1) is 6.92 Å². The predicted octanol–water partition coefficient (Wildman–Crippen LogP) is 4.60. The maximum atomic E-state index is 13.7. The van der Waals surface area contributed by atoms with Crippen LogP contribution in [0.1, 0.15) is 26.8 Å².